The number of hydrogen-bond acceptors (Lipinski definition) is 2. The smallest absolute Gasteiger partial charge is 0.0774 e. The lowest BCUT2D eigenvalue weighted by molar-refractivity contribution is -0.0589. The predicted octanol–water partition coefficient (Wildman–Crippen LogP) is 1.24. The first-order valence-corrected chi connectivity index (χ1v) is 4.46. The van der Waals surface area contributed by atoms with Crippen molar-refractivity contribution in [1.29, 1.82) is 0 Å². The minimum absolute atomic E-state index is 0.348. The Balaban J connectivity index is 2.29. The first-order valence-electron chi connectivity index (χ1n) is 4.46. The van der Waals surface area contributed by atoms with Crippen molar-refractivity contribution in [1.82, 2.24) is 4.90 Å². The van der Waals surface area contributed by atoms with Crippen LogP contribution < -0.4 is 0 Å². The number of likely N-dealkylation sites (N-methyl/N-ethyl adjacent to an activating group) is 1. The van der Waals surface area contributed by atoms with Crippen LogP contribution in [0.4, 0.5) is 0 Å². The number of aliphatic hydroxyl groups is 1. The van der Waals surface area contributed by atoms with Gasteiger partial charge in [-0.25, -0.2) is 0 Å². The normalized spacial score (nSPS) is 22.4. The Bertz CT molecular complexity index is 130. The van der Waals surface area contributed by atoms with Crippen molar-refractivity contribution in [3.63, 3.8) is 0 Å². The van der Waals surface area contributed by atoms with Gasteiger partial charge in [-0.1, -0.05) is 0 Å². The highest BCUT2D eigenvalue weighted by Crippen LogP contribution is 2.32. The van der Waals surface area contributed by atoms with Gasteiger partial charge in [-0.15, -0.1) is 0 Å². The summed E-state index contributed by atoms with van der Waals surface area (Å²) in [5.41, 5.74) is -0.348. The number of hydrogen-bond donors (Lipinski definition) is 1. The van der Waals surface area contributed by atoms with Crippen LogP contribution >= 0.6 is 0 Å². The van der Waals surface area contributed by atoms with Crippen molar-refractivity contribution in [2.75, 3.05) is 13.6 Å². The van der Waals surface area contributed by atoms with E-state index in [-0.39, 0.29) is 5.60 Å². The summed E-state index contributed by atoms with van der Waals surface area (Å²) >= 11 is 0. The van der Waals surface area contributed by atoms with Gasteiger partial charge in [0.2, 0.25) is 0 Å². The fourth-order valence-electron chi connectivity index (χ4n) is 1.39. The molecule has 0 heterocycles. The Morgan fingerprint density at radius 3 is 2.27 bits per heavy atom. The zero-order chi connectivity index (χ0) is 8.48. The minimum Gasteiger partial charge on any atom is -0.389 e. The molecule has 0 saturated heterocycles. The maximum Gasteiger partial charge on any atom is 0.0774 e. The summed E-state index contributed by atoms with van der Waals surface area (Å²) in [7, 11) is 2.07. The summed E-state index contributed by atoms with van der Waals surface area (Å²) in [6, 6.07) is 0.541. The van der Waals surface area contributed by atoms with E-state index in [1.807, 2.05) is 0 Å². The zero-order valence-corrected chi connectivity index (χ0v) is 7.80. The van der Waals surface area contributed by atoms with Gasteiger partial charge in [-0.3, -0.25) is 0 Å². The van der Waals surface area contributed by atoms with Gasteiger partial charge < -0.3 is 10.0 Å². The van der Waals surface area contributed by atoms with Gasteiger partial charge in [0.15, 0.2) is 0 Å². The monoisotopic (exact) mass is 157 g/mol. The van der Waals surface area contributed by atoms with E-state index in [0.717, 1.165) is 19.4 Å². The Morgan fingerprint density at radius 2 is 2.00 bits per heavy atom. The molecule has 1 rings (SSSR count). The second-order valence-corrected chi connectivity index (χ2v) is 4.09. The van der Waals surface area contributed by atoms with Crippen LogP contribution in [0.25, 0.3) is 0 Å². The summed E-state index contributed by atoms with van der Waals surface area (Å²) < 4.78 is 0. The Labute approximate surface area is 69.2 Å². The molecule has 0 aromatic heterocycles. The topological polar surface area (TPSA) is 23.5 Å². The fourth-order valence-corrected chi connectivity index (χ4v) is 1.39. The van der Waals surface area contributed by atoms with Crippen molar-refractivity contribution in [2.45, 2.75) is 44.8 Å². The van der Waals surface area contributed by atoms with Crippen molar-refractivity contribution >= 4 is 0 Å². The Kier molecular flexibility index (Phi) is 2.55. The number of nitrogens with zero attached hydrogens (tertiary/aromatic N) is 1. The second-order valence-electron chi connectivity index (χ2n) is 4.09. The van der Waals surface area contributed by atoms with Crippen LogP contribution in [0.15, 0.2) is 0 Å². The third-order valence-electron chi connectivity index (χ3n) is 2.71. The summed E-state index contributed by atoms with van der Waals surface area (Å²) in [5.74, 6) is 0. The molecular formula is C9H19NO. The molecule has 0 atom stereocenters. The van der Waals surface area contributed by atoms with Crippen LogP contribution in [0.1, 0.15) is 33.1 Å². The van der Waals surface area contributed by atoms with Gasteiger partial charge in [0.1, 0.15) is 0 Å². The quantitative estimate of drug-likeness (QED) is 0.666. The fraction of sp³-hybridized carbons (Fsp3) is 1.00. The highest BCUT2D eigenvalue weighted by atomic mass is 16.3. The Hall–Kier alpha value is -0.0800. The van der Waals surface area contributed by atoms with E-state index in [2.05, 4.69) is 25.8 Å². The molecule has 0 radical (unpaired) electrons. The average molecular weight is 157 g/mol. The third kappa shape index (κ3) is 2.17. The molecule has 2 heteroatoms. The highest BCUT2D eigenvalue weighted by Gasteiger charge is 2.35. The molecule has 1 aliphatic carbocycles. The molecule has 1 fully saturated rings. The first-order chi connectivity index (χ1) is 5.03. The van der Waals surface area contributed by atoms with E-state index in [1.165, 1.54) is 6.42 Å². The number of rotatable bonds is 3. The largest absolute Gasteiger partial charge is 0.389 e. The minimum atomic E-state index is -0.348. The molecule has 2 nitrogen and oxygen atoms in total. The standard InChI is InChI=1S/C9H19NO/c1-8(2)10(3)7-9(11)5-4-6-9/h8,11H,4-7H2,1-3H3. The summed E-state index contributed by atoms with van der Waals surface area (Å²) in [6.07, 6.45) is 3.18. The van der Waals surface area contributed by atoms with Gasteiger partial charge in [0.05, 0.1) is 5.60 Å². The second kappa shape index (κ2) is 3.11. The third-order valence-corrected chi connectivity index (χ3v) is 2.71. The molecule has 11 heavy (non-hydrogen) atoms. The van der Waals surface area contributed by atoms with Gasteiger partial charge in [-0.2, -0.15) is 0 Å². The lowest BCUT2D eigenvalue weighted by Gasteiger charge is -2.40. The summed E-state index contributed by atoms with van der Waals surface area (Å²) in [4.78, 5) is 2.21. The Morgan fingerprint density at radius 1 is 1.45 bits per heavy atom. The van der Waals surface area contributed by atoms with E-state index in [4.69, 9.17) is 0 Å². The highest BCUT2D eigenvalue weighted by molar-refractivity contribution is 4.90. The van der Waals surface area contributed by atoms with Gasteiger partial charge in [0, 0.05) is 12.6 Å². The SMILES string of the molecule is CC(C)N(C)CC1(O)CCC1. The molecule has 0 bridgehead atoms. The summed E-state index contributed by atoms with van der Waals surface area (Å²) in [5, 5.41) is 9.79. The van der Waals surface area contributed by atoms with Crippen molar-refractivity contribution in [3.05, 3.63) is 0 Å². The van der Waals surface area contributed by atoms with E-state index in [0.29, 0.717) is 6.04 Å². The maximum absolute atomic E-state index is 9.79. The molecule has 0 spiro atoms. The van der Waals surface area contributed by atoms with Crippen LogP contribution in [0, 0.1) is 0 Å². The molecule has 0 aromatic carbocycles. The van der Waals surface area contributed by atoms with E-state index in [1.54, 1.807) is 0 Å². The zero-order valence-electron chi connectivity index (χ0n) is 7.80. The molecular weight excluding hydrogens is 138 g/mol. The van der Waals surface area contributed by atoms with Crippen LogP contribution in [-0.4, -0.2) is 35.2 Å². The molecule has 1 saturated carbocycles. The van der Waals surface area contributed by atoms with Crippen molar-refractivity contribution < 1.29 is 5.11 Å². The van der Waals surface area contributed by atoms with Gasteiger partial charge in [-0.05, 0) is 40.2 Å². The first kappa shape index (κ1) is 9.01. The molecule has 1 N–H and O–H groups in total. The van der Waals surface area contributed by atoms with E-state index < -0.39 is 0 Å². The predicted molar refractivity (Wildman–Crippen MR) is 46.6 cm³/mol. The maximum atomic E-state index is 9.79. The van der Waals surface area contributed by atoms with Gasteiger partial charge >= 0.3 is 0 Å². The van der Waals surface area contributed by atoms with Crippen LogP contribution in [0.3, 0.4) is 0 Å². The molecule has 66 valence electrons. The lowest BCUT2D eigenvalue weighted by atomic mass is 9.80. The molecule has 0 unspecified atom stereocenters. The van der Waals surface area contributed by atoms with Crippen molar-refractivity contribution in [3.8, 4) is 0 Å². The van der Waals surface area contributed by atoms with E-state index in [9.17, 15) is 5.11 Å². The molecule has 0 aliphatic heterocycles. The van der Waals surface area contributed by atoms with Crippen LogP contribution in [-0.2, 0) is 0 Å². The van der Waals surface area contributed by atoms with Crippen LogP contribution in [0.5, 0.6) is 0 Å². The molecule has 0 amide bonds. The van der Waals surface area contributed by atoms with E-state index >= 15 is 0 Å². The molecule has 0 aromatic rings. The van der Waals surface area contributed by atoms with Crippen LogP contribution in [0.2, 0.25) is 0 Å². The lowest BCUT2D eigenvalue weighted by Crippen LogP contribution is -2.48. The molecule has 1 aliphatic rings. The van der Waals surface area contributed by atoms with Gasteiger partial charge in [0.25, 0.3) is 0 Å². The van der Waals surface area contributed by atoms with Crippen molar-refractivity contribution in [2.24, 2.45) is 0 Å². The average Bonchev–Trinajstić information content (AvgIpc) is 1.84. The summed E-state index contributed by atoms with van der Waals surface area (Å²) in [6.45, 7) is 5.15.